The maximum atomic E-state index is 9.61. The van der Waals surface area contributed by atoms with Gasteiger partial charge in [0.15, 0.2) is 0 Å². The van der Waals surface area contributed by atoms with Crippen molar-refractivity contribution < 1.29 is 5.11 Å². The Hall–Kier alpha value is 0.375. The van der Waals surface area contributed by atoms with E-state index >= 15 is 0 Å². The van der Waals surface area contributed by atoms with E-state index in [-0.39, 0.29) is 6.00 Å². The van der Waals surface area contributed by atoms with Gasteiger partial charge in [0, 0.05) is 11.3 Å². The van der Waals surface area contributed by atoms with Crippen molar-refractivity contribution in [1.29, 1.82) is 0 Å². The van der Waals surface area contributed by atoms with Gasteiger partial charge in [0.2, 0.25) is 0 Å². The fourth-order valence-electron chi connectivity index (χ4n) is 2.14. The Labute approximate surface area is 102 Å². The van der Waals surface area contributed by atoms with Crippen molar-refractivity contribution in [3.05, 3.63) is 0 Å². The van der Waals surface area contributed by atoms with Gasteiger partial charge in [0.1, 0.15) is 7.28 Å². The predicted molar refractivity (Wildman–Crippen MR) is 72.8 cm³/mol. The van der Waals surface area contributed by atoms with E-state index in [0.29, 0.717) is 23.0 Å². The quantitative estimate of drug-likeness (QED) is 0.508. The van der Waals surface area contributed by atoms with Crippen LogP contribution in [0, 0.1) is 17.8 Å². The van der Waals surface area contributed by atoms with E-state index in [1.807, 2.05) is 14.1 Å². The molecule has 0 rings (SSSR count). The third-order valence-corrected chi connectivity index (χ3v) is 3.48. The normalized spacial score (nSPS) is 19.7. The molecule has 0 aliphatic heterocycles. The molecule has 0 aromatic heterocycles. The van der Waals surface area contributed by atoms with Gasteiger partial charge in [-0.25, -0.2) is 0 Å². The molecule has 0 spiro atoms. The Morgan fingerprint density at radius 2 is 1.67 bits per heavy atom. The number of thiol groups is 1. The van der Waals surface area contributed by atoms with Crippen molar-refractivity contribution in [1.82, 2.24) is 0 Å². The van der Waals surface area contributed by atoms with Crippen molar-refractivity contribution in [3.63, 3.8) is 0 Å². The molecule has 0 heterocycles. The molecule has 1 nitrogen and oxygen atoms in total. The maximum absolute atomic E-state index is 9.61. The highest BCUT2D eigenvalue weighted by molar-refractivity contribution is 7.80. The second-order valence-electron chi connectivity index (χ2n) is 5.15. The number of rotatable bonds is 7. The summed E-state index contributed by atoms with van der Waals surface area (Å²) >= 11 is 4.57. The first kappa shape index (κ1) is 15.4. The molecule has 0 saturated carbocycles. The second-order valence-corrected chi connectivity index (χ2v) is 5.96. The van der Waals surface area contributed by atoms with E-state index in [4.69, 9.17) is 0 Å². The third-order valence-electron chi connectivity index (χ3n) is 3.09. The highest BCUT2D eigenvalue weighted by atomic mass is 32.1. The van der Waals surface area contributed by atoms with Gasteiger partial charge >= 0.3 is 0 Å². The van der Waals surface area contributed by atoms with Gasteiger partial charge in [0.25, 0.3) is 0 Å². The molecular formula is C12H26BOS. The number of hydrogen-bond acceptors (Lipinski definition) is 2. The summed E-state index contributed by atoms with van der Waals surface area (Å²) in [5, 5.41) is 10.0. The molecule has 0 bridgehead atoms. The molecule has 89 valence electrons. The zero-order valence-corrected chi connectivity index (χ0v) is 11.7. The highest BCUT2D eigenvalue weighted by Gasteiger charge is 2.23. The Bertz CT molecular complexity index is 162. The van der Waals surface area contributed by atoms with Crippen LogP contribution in [0.4, 0.5) is 0 Å². The molecule has 0 amide bonds. The summed E-state index contributed by atoms with van der Waals surface area (Å²) in [6.45, 7) is 10.8. The predicted octanol–water partition coefficient (Wildman–Crippen LogP) is 3.06. The fraction of sp³-hybridized carbons (Fsp3) is 1.00. The second kappa shape index (κ2) is 7.62. The molecule has 0 aromatic carbocycles. The molecule has 0 aromatic rings. The summed E-state index contributed by atoms with van der Waals surface area (Å²) in [7, 11) is 1.87. The monoisotopic (exact) mass is 229 g/mol. The summed E-state index contributed by atoms with van der Waals surface area (Å²) in [6.07, 6.45) is 2.06. The topological polar surface area (TPSA) is 20.2 Å². The van der Waals surface area contributed by atoms with Crippen LogP contribution in [0.15, 0.2) is 0 Å². The molecular weight excluding hydrogens is 203 g/mol. The first-order valence-corrected chi connectivity index (χ1v) is 6.55. The number of aliphatic hydroxyl groups is 1. The van der Waals surface area contributed by atoms with Gasteiger partial charge in [-0.05, 0) is 30.6 Å². The zero-order chi connectivity index (χ0) is 12.0. The smallest absolute Gasteiger partial charge is 0.145 e. The lowest BCUT2D eigenvalue weighted by Gasteiger charge is -2.29. The van der Waals surface area contributed by atoms with Gasteiger partial charge in [-0.1, -0.05) is 34.5 Å². The Morgan fingerprint density at radius 3 is 2.00 bits per heavy atom. The zero-order valence-electron chi connectivity index (χ0n) is 10.8. The average molecular weight is 229 g/mol. The average Bonchev–Trinajstić information content (AvgIpc) is 2.12. The van der Waals surface area contributed by atoms with E-state index in [9.17, 15) is 5.11 Å². The molecule has 0 aliphatic carbocycles. The molecule has 1 N–H and O–H groups in total. The van der Waals surface area contributed by atoms with Crippen LogP contribution >= 0.6 is 12.6 Å². The van der Waals surface area contributed by atoms with Crippen LogP contribution in [0.3, 0.4) is 0 Å². The number of hydrogen-bond donors (Lipinski definition) is 2. The van der Waals surface area contributed by atoms with Gasteiger partial charge in [0.05, 0.1) is 0 Å². The van der Waals surface area contributed by atoms with Gasteiger partial charge in [-0.3, -0.25) is 0 Å². The van der Waals surface area contributed by atoms with Crippen molar-refractivity contribution in [2.45, 2.75) is 58.6 Å². The molecule has 15 heavy (non-hydrogen) atoms. The van der Waals surface area contributed by atoms with E-state index in [0.717, 1.165) is 6.42 Å². The van der Waals surface area contributed by atoms with Crippen LogP contribution in [0.2, 0.25) is 6.82 Å². The van der Waals surface area contributed by atoms with Crippen LogP contribution in [0.1, 0.15) is 40.5 Å². The third kappa shape index (κ3) is 6.52. The molecule has 3 heteroatoms. The van der Waals surface area contributed by atoms with Crippen molar-refractivity contribution >= 4 is 19.9 Å². The van der Waals surface area contributed by atoms with Crippen LogP contribution in [-0.4, -0.2) is 23.6 Å². The van der Waals surface area contributed by atoms with E-state index in [2.05, 4.69) is 40.3 Å². The fourth-order valence-corrected chi connectivity index (χ4v) is 2.56. The summed E-state index contributed by atoms with van der Waals surface area (Å²) in [4.78, 5) is 0. The van der Waals surface area contributed by atoms with Crippen LogP contribution in [0.5, 0.6) is 0 Å². The standard InChI is InChI=1S/C12H26BOS/c1-8(2)6-11(10(4)15)9(3)7-12(14)13-5/h8-12,14-15H,6-7H2,1-5H3/t9-,10?,11?,12?/m0/s1. The maximum Gasteiger partial charge on any atom is 0.145 e. The minimum atomic E-state index is -0.262. The van der Waals surface area contributed by atoms with Crippen LogP contribution < -0.4 is 0 Å². The van der Waals surface area contributed by atoms with E-state index < -0.39 is 0 Å². The SMILES string of the molecule is C[B]C(O)C[C@H](C)C(CC(C)C)C(C)S. The van der Waals surface area contributed by atoms with Gasteiger partial charge < -0.3 is 5.11 Å². The molecule has 4 atom stereocenters. The Kier molecular flexibility index (Phi) is 7.81. The van der Waals surface area contributed by atoms with Crippen molar-refractivity contribution in [2.75, 3.05) is 0 Å². The molecule has 0 saturated heterocycles. The Balaban J connectivity index is 4.22. The molecule has 0 aliphatic rings. The van der Waals surface area contributed by atoms with Crippen LogP contribution in [-0.2, 0) is 0 Å². The van der Waals surface area contributed by atoms with Gasteiger partial charge in [-0.15, -0.1) is 0 Å². The minimum absolute atomic E-state index is 0.262. The molecule has 0 fully saturated rings. The lowest BCUT2D eigenvalue weighted by Crippen LogP contribution is -2.27. The molecule has 1 radical (unpaired) electrons. The molecule has 3 unspecified atom stereocenters. The first-order chi connectivity index (χ1) is 6.88. The highest BCUT2D eigenvalue weighted by Crippen LogP contribution is 2.29. The van der Waals surface area contributed by atoms with Gasteiger partial charge in [-0.2, -0.15) is 12.6 Å². The van der Waals surface area contributed by atoms with Crippen molar-refractivity contribution in [2.24, 2.45) is 17.8 Å². The first-order valence-electron chi connectivity index (χ1n) is 6.04. The summed E-state index contributed by atoms with van der Waals surface area (Å²) in [5.41, 5.74) is 0. The van der Waals surface area contributed by atoms with E-state index in [1.165, 1.54) is 6.42 Å². The summed E-state index contributed by atoms with van der Waals surface area (Å²) in [6, 6.07) is -0.262. The summed E-state index contributed by atoms with van der Waals surface area (Å²) in [5.74, 6) is 1.84. The Morgan fingerprint density at radius 1 is 1.13 bits per heavy atom. The van der Waals surface area contributed by atoms with E-state index in [1.54, 1.807) is 0 Å². The lowest BCUT2D eigenvalue weighted by molar-refractivity contribution is 0.182. The minimum Gasteiger partial charge on any atom is -0.402 e. The number of aliphatic hydroxyl groups excluding tert-OH is 1. The largest absolute Gasteiger partial charge is 0.402 e. The lowest BCUT2D eigenvalue weighted by atomic mass is 9.69. The van der Waals surface area contributed by atoms with Crippen LogP contribution in [0.25, 0.3) is 0 Å². The van der Waals surface area contributed by atoms with Crippen molar-refractivity contribution in [3.8, 4) is 0 Å². The summed E-state index contributed by atoms with van der Waals surface area (Å²) < 4.78 is 0.